The summed E-state index contributed by atoms with van der Waals surface area (Å²) in [5.41, 5.74) is 0. The largest absolute Gasteiger partial charge is 0.544 e. The Morgan fingerprint density at radius 1 is 0.537 bits per heavy atom. The van der Waals surface area contributed by atoms with Gasteiger partial charge in [-0.25, -0.2) is 0 Å². The molecule has 2 atom stereocenters. The van der Waals surface area contributed by atoms with Gasteiger partial charge in [-0.15, -0.1) is 0 Å². The second-order valence-electron chi connectivity index (χ2n) is 16.3. The summed E-state index contributed by atoms with van der Waals surface area (Å²) in [4.78, 5) is 36.6. The van der Waals surface area contributed by atoms with E-state index in [1.54, 1.807) is 21.1 Å². The molecule has 0 spiro atoms. The van der Waals surface area contributed by atoms with E-state index in [-0.39, 0.29) is 49.1 Å². The van der Waals surface area contributed by atoms with Gasteiger partial charge >= 0.3 is 11.9 Å². The maximum atomic E-state index is 12.7. The number of hydrogen-bond acceptors (Lipinski definition) is 7. The number of unbranched alkanes of at least 4 members (excludes halogenated alkanes) is 22. The minimum absolute atomic E-state index is 0.0296. The first-order chi connectivity index (χ1) is 26.1. The normalized spacial score (nSPS) is 13.1. The van der Waals surface area contributed by atoms with E-state index in [2.05, 4.69) is 32.1 Å². The van der Waals surface area contributed by atoms with Crippen molar-refractivity contribution in [2.75, 3.05) is 41.0 Å². The first kappa shape index (κ1) is 51.8. The molecule has 0 rings (SSSR count). The zero-order chi connectivity index (χ0) is 40.0. The molecule has 0 aliphatic carbocycles. The highest BCUT2D eigenvalue weighted by Crippen LogP contribution is 2.15. The molecule has 0 aromatic rings. The lowest BCUT2D eigenvalue weighted by atomic mass is 10.0. The fraction of sp³-hybridized carbons (Fsp3) is 0.848. The van der Waals surface area contributed by atoms with Gasteiger partial charge in [-0.05, 0) is 51.4 Å². The average Bonchev–Trinajstić information content (AvgIpc) is 3.12. The zero-order valence-corrected chi connectivity index (χ0v) is 35.9. The molecule has 0 aliphatic rings. The standard InChI is InChI=1S/C46H85NO7/c1-6-8-10-12-14-15-16-17-18-19-20-21-22-23-24-25-26-27-28-29-31-33-35-37-45(49)54-42(40-52-39-38-43(46(50)51)47(3,4)5)41-53-44(48)36-34-32-30-13-11-9-7-2/h23-24,30,32,42-43H,6-22,25-29,31,33-41H2,1-5H3/b24-23+,32-30+. The molecule has 2 unspecified atom stereocenters. The van der Waals surface area contributed by atoms with Gasteiger partial charge in [-0.1, -0.05) is 154 Å². The Balaban J connectivity index is 4.15. The van der Waals surface area contributed by atoms with E-state index in [4.69, 9.17) is 14.2 Å². The van der Waals surface area contributed by atoms with Crippen molar-refractivity contribution in [3.63, 3.8) is 0 Å². The van der Waals surface area contributed by atoms with Crippen LogP contribution in [0.15, 0.2) is 24.3 Å². The third kappa shape index (κ3) is 35.5. The number of esters is 2. The van der Waals surface area contributed by atoms with Crippen LogP contribution in [0.3, 0.4) is 0 Å². The average molecular weight is 764 g/mol. The van der Waals surface area contributed by atoms with Crippen LogP contribution < -0.4 is 5.11 Å². The maximum absolute atomic E-state index is 12.7. The monoisotopic (exact) mass is 764 g/mol. The molecular formula is C46H85NO7. The third-order valence-electron chi connectivity index (χ3n) is 10.1. The van der Waals surface area contributed by atoms with Gasteiger partial charge in [0.05, 0.1) is 40.3 Å². The molecule has 54 heavy (non-hydrogen) atoms. The smallest absolute Gasteiger partial charge is 0.306 e. The summed E-state index contributed by atoms with van der Waals surface area (Å²) >= 11 is 0. The molecule has 0 heterocycles. The van der Waals surface area contributed by atoms with E-state index in [9.17, 15) is 19.5 Å². The van der Waals surface area contributed by atoms with E-state index in [0.29, 0.717) is 12.8 Å². The number of carbonyl (C=O) groups excluding carboxylic acids is 3. The van der Waals surface area contributed by atoms with Crippen LogP contribution in [0.1, 0.15) is 200 Å². The van der Waals surface area contributed by atoms with Crippen molar-refractivity contribution >= 4 is 17.9 Å². The van der Waals surface area contributed by atoms with Crippen LogP contribution in [-0.2, 0) is 28.6 Å². The molecule has 0 radical (unpaired) electrons. The lowest BCUT2D eigenvalue weighted by Gasteiger charge is -2.34. The van der Waals surface area contributed by atoms with Gasteiger partial charge in [0.15, 0.2) is 6.10 Å². The molecule has 0 aromatic carbocycles. The summed E-state index contributed by atoms with van der Waals surface area (Å²) in [5.74, 6) is -1.80. The first-order valence-corrected chi connectivity index (χ1v) is 22.4. The molecule has 0 N–H and O–H groups in total. The molecule has 0 bridgehead atoms. The van der Waals surface area contributed by atoms with Crippen LogP contribution in [0.2, 0.25) is 0 Å². The van der Waals surface area contributed by atoms with Gasteiger partial charge < -0.3 is 28.6 Å². The van der Waals surface area contributed by atoms with E-state index in [1.165, 1.54) is 128 Å². The van der Waals surface area contributed by atoms with Crippen molar-refractivity contribution in [3.05, 3.63) is 24.3 Å². The minimum Gasteiger partial charge on any atom is -0.544 e. The van der Waals surface area contributed by atoms with Crippen LogP contribution >= 0.6 is 0 Å². The number of carbonyl (C=O) groups is 3. The van der Waals surface area contributed by atoms with Crippen molar-refractivity contribution < 1.29 is 38.2 Å². The molecule has 8 nitrogen and oxygen atoms in total. The molecule has 0 saturated carbocycles. The number of rotatable bonds is 40. The summed E-state index contributed by atoms with van der Waals surface area (Å²) < 4.78 is 17.0. The van der Waals surface area contributed by atoms with Gasteiger partial charge in [0, 0.05) is 19.3 Å². The Morgan fingerprint density at radius 3 is 1.44 bits per heavy atom. The van der Waals surface area contributed by atoms with Crippen molar-refractivity contribution in [2.24, 2.45) is 0 Å². The molecule has 0 amide bonds. The quantitative estimate of drug-likeness (QED) is 0.0265. The summed E-state index contributed by atoms with van der Waals surface area (Å²) in [7, 11) is 5.39. The third-order valence-corrected chi connectivity index (χ3v) is 10.1. The van der Waals surface area contributed by atoms with Gasteiger partial charge in [-0.2, -0.15) is 0 Å². The van der Waals surface area contributed by atoms with Crippen LogP contribution in [0.25, 0.3) is 0 Å². The van der Waals surface area contributed by atoms with E-state index in [1.807, 2.05) is 6.08 Å². The lowest BCUT2D eigenvalue weighted by Crippen LogP contribution is -2.55. The van der Waals surface area contributed by atoms with Crippen LogP contribution in [0.4, 0.5) is 0 Å². The second-order valence-corrected chi connectivity index (χ2v) is 16.3. The summed E-state index contributed by atoms with van der Waals surface area (Å²) in [5, 5.41) is 11.6. The predicted molar refractivity (Wildman–Crippen MR) is 222 cm³/mol. The van der Waals surface area contributed by atoms with Gasteiger partial charge in [0.1, 0.15) is 12.6 Å². The molecule has 0 aromatic heterocycles. The number of carboxylic acids is 1. The summed E-state index contributed by atoms with van der Waals surface area (Å²) in [6.07, 6.45) is 41.0. The molecule has 0 saturated heterocycles. The Kier molecular flexibility index (Phi) is 36.2. The fourth-order valence-electron chi connectivity index (χ4n) is 6.55. The highest BCUT2D eigenvalue weighted by Gasteiger charge is 2.25. The first-order valence-electron chi connectivity index (χ1n) is 22.4. The van der Waals surface area contributed by atoms with E-state index < -0.39 is 18.1 Å². The predicted octanol–water partition coefficient (Wildman–Crippen LogP) is 10.7. The minimum atomic E-state index is -1.13. The molecular weight excluding hydrogens is 679 g/mol. The number of ether oxygens (including phenoxy) is 3. The van der Waals surface area contributed by atoms with Crippen LogP contribution in [0, 0.1) is 0 Å². The SMILES string of the molecule is CCCCC/C=C/CCC(=O)OCC(COCCC(C(=O)[O-])[N+](C)(C)C)OC(=O)CCCCCCCCC/C=C/CCCCCCCCCCCCCC. The Labute approximate surface area is 332 Å². The number of likely N-dealkylation sites (N-methyl/N-ethyl adjacent to an activating group) is 1. The Bertz CT molecular complexity index is 942. The lowest BCUT2D eigenvalue weighted by molar-refractivity contribution is -0.889. The van der Waals surface area contributed by atoms with Gasteiger partial charge in [0.2, 0.25) is 0 Å². The molecule has 316 valence electrons. The van der Waals surface area contributed by atoms with Crippen LogP contribution in [-0.4, -0.2) is 75.5 Å². The number of aliphatic carboxylic acids is 1. The zero-order valence-electron chi connectivity index (χ0n) is 35.9. The molecule has 0 aliphatic heterocycles. The Morgan fingerprint density at radius 2 is 0.963 bits per heavy atom. The topological polar surface area (TPSA) is 102 Å². The molecule has 0 fully saturated rings. The highest BCUT2D eigenvalue weighted by atomic mass is 16.6. The molecule has 8 heteroatoms. The highest BCUT2D eigenvalue weighted by molar-refractivity contribution is 5.70. The maximum Gasteiger partial charge on any atom is 0.306 e. The Hall–Kier alpha value is -2.19. The number of allylic oxidation sites excluding steroid dienone is 4. The van der Waals surface area contributed by atoms with E-state index in [0.717, 1.165) is 32.1 Å². The summed E-state index contributed by atoms with van der Waals surface area (Å²) in [6.45, 7) is 4.56. The van der Waals surface area contributed by atoms with Gasteiger partial charge in [0.25, 0.3) is 0 Å². The van der Waals surface area contributed by atoms with Crippen molar-refractivity contribution in [1.29, 1.82) is 0 Å². The van der Waals surface area contributed by atoms with Crippen LogP contribution in [0.5, 0.6) is 0 Å². The van der Waals surface area contributed by atoms with E-state index >= 15 is 0 Å². The second kappa shape index (κ2) is 37.7. The number of hydrogen-bond donors (Lipinski definition) is 0. The van der Waals surface area contributed by atoms with Crippen molar-refractivity contribution in [3.8, 4) is 0 Å². The number of quaternary nitrogens is 1. The van der Waals surface area contributed by atoms with Crippen molar-refractivity contribution in [1.82, 2.24) is 0 Å². The van der Waals surface area contributed by atoms with Gasteiger partial charge in [-0.3, -0.25) is 9.59 Å². The number of nitrogens with zero attached hydrogens (tertiary/aromatic N) is 1. The van der Waals surface area contributed by atoms with Crippen molar-refractivity contribution in [2.45, 2.75) is 212 Å². The summed E-state index contributed by atoms with van der Waals surface area (Å²) in [6, 6.07) is -0.727. The fourth-order valence-corrected chi connectivity index (χ4v) is 6.55. The number of carboxylic acid groups (broad SMARTS) is 1.